The number of rotatable bonds is 15. The summed E-state index contributed by atoms with van der Waals surface area (Å²) < 4.78 is 11.6. The summed E-state index contributed by atoms with van der Waals surface area (Å²) in [4.78, 5) is 93.4. The number of halogens is 1. The van der Waals surface area contributed by atoms with Gasteiger partial charge >= 0.3 is 11.9 Å². The molecule has 7 heterocycles. The van der Waals surface area contributed by atoms with Crippen LogP contribution in [0.25, 0.3) is 32.7 Å². The fourth-order valence-electron chi connectivity index (χ4n) is 12.4. The second-order valence-electron chi connectivity index (χ2n) is 23.6. The first-order valence-electron chi connectivity index (χ1n) is 32.0. The number of benzene rings is 3. The van der Waals surface area contributed by atoms with E-state index < -0.39 is 22.8 Å². The normalized spacial score (nSPS) is 15.4. The second kappa shape index (κ2) is 34.5. The summed E-state index contributed by atoms with van der Waals surface area (Å²) >= 11 is 5.98. The molecule has 10 aromatic rings. The molecule has 2 amide bonds. The number of nitriles is 1. The van der Waals surface area contributed by atoms with Crippen molar-refractivity contribution in [2.24, 2.45) is 17.6 Å². The number of anilines is 2. The van der Waals surface area contributed by atoms with E-state index >= 15 is 0 Å². The lowest BCUT2D eigenvalue weighted by molar-refractivity contribution is -0.384. The first-order valence-corrected chi connectivity index (χ1v) is 35.7. The van der Waals surface area contributed by atoms with Crippen molar-refractivity contribution < 1.29 is 48.6 Å². The smallest absolute Gasteiger partial charge is 0.313 e. The van der Waals surface area contributed by atoms with Crippen molar-refractivity contribution in [3.05, 3.63) is 239 Å². The third-order valence-electron chi connectivity index (χ3n) is 17.3. The van der Waals surface area contributed by atoms with Crippen LogP contribution in [0, 0.1) is 36.9 Å². The van der Waals surface area contributed by atoms with Crippen LogP contribution < -0.4 is 26.3 Å². The monoisotopic (exact) mass is 1510 g/mol. The number of pyridine rings is 5. The predicted molar refractivity (Wildman–Crippen MR) is 395 cm³/mol. The van der Waals surface area contributed by atoms with Crippen LogP contribution in [0.1, 0.15) is 132 Å². The maximum absolute atomic E-state index is 12.8. The van der Waals surface area contributed by atoms with E-state index in [1.165, 1.54) is 107 Å². The molecule has 0 radical (unpaired) electrons. The van der Waals surface area contributed by atoms with Crippen molar-refractivity contribution in [3.63, 3.8) is 0 Å². The molecule has 1 fully saturated rings. The molecule has 25 heteroatoms. The van der Waals surface area contributed by atoms with Crippen LogP contribution in [0.2, 0.25) is 0 Å². The lowest BCUT2D eigenvalue weighted by Gasteiger charge is -2.33. The van der Waals surface area contributed by atoms with E-state index in [0.717, 1.165) is 83.5 Å². The number of nitro benzene ring substituents is 1. The molecule has 3 unspecified atom stereocenters. The van der Waals surface area contributed by atoms with Gasteiger partial charge in [-0.25, -0.2) is 9.97 Å². The Morgan fingerprint density at radius 1 is 0.780 bits per heavy atom. The minimum absolute atomic E-state index is 0.127. The number of aromatic nitrogens is 5. The number of non-ortho nitro benzene ring substituents is 1. The number of nitrogens with one attached hydrogen (secondary N) is 1. The number of carboxylic acids is 2. The van der Waals surface area contributed by atoms with Crippen LogP contribution >= 0.6 is 57.0 Å². The van der Waals surface area contributed by atoms with Gasteiger partial charge in [0.2, 0.25) is 5.78 Å². The molecule has 7 aromatic heterocycles. The molecular formula is C75H69IN10O11S3. The number of hydrogen-bond acceptors (Lipinski definition) is 19. The number of carbonyl (C=O) groups is 5. The Labute approximate surface area is 602 Å². The van der Waals surface area contributed by atoms with E-state index in [9.17, 15) is 39.2 Å². The number of thiophene rings is 2. The first-order chi connectivity index (χ1) is 48.4. The Morgan fingerprint density at radius 3 is 2.16 bits per heavy atom. The van der Waals surface area contributed by atoms with Gasteiger partial charge in [0, 0.05) is 96.7 Å². The number of amides is 2. The minimum atomic E-state index is -0.942. The number of carbonyl (C=O) groups excluding carboxylic acids is 3. The van der Waals surface area contributed by atoms with Crippen LogP contribution in [-0.4, -0.2) is 89.6 Å². The molecule has 0 spiro atoms. The largest absolute Gasteiger partial charge is 0.493 e. The fourth-order valence-corrected chi connectivity index (χ4v) is 16.2. The quantitative estimate of drug-likeness (QED) is 0.0121. The average Bonchev–Trinajstić information content (AvgIpc) is 1.49. The van der Waals surface area contributed by atoms with Crippen molar-refractivity contribution in [2.75, 3.05) is 31.0 Å². The number of nitrogens with two attached hydrogens (primary N) is 2. The highest BCUT2D eigenvalue weighted by atomic mass is 127. The molecule has 1 saturated carbocycles. The SMILES string of the molecule is COc1ccc(C(=O)Nc2sc3c(c2C(N)=O)CCCCC3)cc1OC.N#Cc1ccc(-c2cccnc2)nc1SCC(=O)O.Nc1c(C(=O)c2cccc([N+](=O)[O-])c2)sc2nc(-c3cccnc3)ccc12.O=C(O)C1Cc2c(I)cccc2C2C=CCC12.c1ccc(C2CCCC2)nc1. The highest BCUT2D eigenvalue weighted by Crippen LogP contribution is 2.47. The fraction of sp³-hybridized carbons (Fsp3) is 0.240. The summed E-state index contributed by atoms with van der Waals surface area (Å²) in [6.45, 7) is 0. The molecule has 100 heavy (non-hydrogen) atoms. The van der Waals surface area contributed by atoms with Crippen molar-refractivity contribution in [3.8, 4) is 40.1 Å². The van der Waals surface area contributed by atoms with Crippen LogP contribution in [0.4, 0.5) is 16.4 Å². The van der Waals surface area contributed by atoms with Crippen LogP contribution in [-0.2, 0) is 28.9 Å². The zero-order chi connectivity index (χ0) is 70.8. The molecule has 4 aliphatic rings. The van der Waals surface area contributed by atoms with Gasteiger partial charge in [0.1, 0.15) is 25.8 Å². The summed E-state index contributed by atoms with van der Waals surface area (Å²) in [6, 6.07) is 39.4. The number of nitrogen functional groups attached to an aromatic ring is 1. The van der Waals surface area contributed by atoms with Crippen LogP contribution in [0.15, 0.2) is 176 Å². The summed E-state index contributed by atoms with van der Waals surface area (Å²) in [5, 5.41) is 42.5. The lowest BCUT2D eigenvalue weighted by atomic mass is 9.70. The summed E-state index contributed by atoms with van der Waals surface area (Å²) in [7, 11) is 3.05. The molecule has 3 aromatic carbocycles. The minimum Gasteiger partial charge on any atom is -0.493 e. The van der Waals surface area contributed by atoms with Gasteiger partial charge in [0.25, 0.3) is 17.5 Å². The third kappa shape index (κ3) is 17.8. The Morgan fingerprint density at radius 2 is 1.50 bits per heavy atom. The van der Waals surface area contributed by atoms with Crippen molar-refractivity contribution in [1.82, 2.24) is 24.9 Å². The van der Waals surface area contributed by atoms with E-state index in [1.54, 1.807) is 61.2 Å². The maximum atomic E-state index is 12.8. The summed E-state index contributed by atoms with van der Waals surface area (Å²) in [5.41, 5.74) is 21.4. The number of ether oxygens (including phenoxy) is 2. The molecule has 510 valence electrons. The molecule has 0 aliphatic heterocycles. The number of fused-ring (bicyclic) bond motifs is 5. The Balaban J connectivity index is 0.000000139. The van der Waals surface area contributed by atoms with Crippen LogP contribution in [0.3, 0.4) is 0 Å². The molecule has 14 rings (SSSR count). The zero-order valence-corrected chi connectivity index (χ0v) is 59.0. The number of carboxylic acid groups (broad SMARTS) is 2. The highest BCUT2D eigenvalue weighted by Gasteiger charge is 2.41. The zero-order valence-electron chi connectivity index (χ0n) is 54.4. The maximum Gasteiger partial charge on any atom is 0.313 e. The number of aliphatic carboxylic acids is 2. The average molecular weight is 1510 g/mol. The van der Waals surface area contributed by atoms with E-state index in [4.69, 9.17) is 31.3 Å². The number of nitrogens with zero attached hydrogens (tertiary/aromatic N) is 7. The van der Waals surface area contributed by atoms with Gasteiger partial charge < -0.3 is 36.5 Å². The number of nitro groups is 1. The molecule has 4 aliphatic carbocycles. The molecule has 21 nitrogen and oxygen atoms in total. The topological polar surface area (TPSA) is 340 Å². The van der Waals surface area contributed by atoms with Gasteiger partial charge in [-0.1, -0.05) is 73.5 Å². The van der Waals surface area contributed by atoms with Gasteiger partial charge in [-0.15, -0.1) is 22.7 Å². The number of thioether (sulfide) groups is 1. The van der Waals surface area contributed by atoms with Crippen molar-refractivity contribution in [1.29, 1.82) is 5.26 Å². The lowest BCUT2D eigenvalue weighted by Crippen LogP contribution is -2.32. The molecule has 3 atom stereocenters. The first kappa shape index (κ1) is 72.5. The van der Waals surface area contributed by atoms with Gasteiger partial charge in [-0.2, -0.15) is 5.26 Å². The molecule has 0 saturated heterocycles. The third-order valence-corrected chi connectivity index (χ3v) is 21.6. The Hall–Kier alpha value is -10.3. The van der Waals surface area contributed by atoms with E-state index in [2.05, 4.69) is 95.3 Å². The number of methoxy groups -OCH3 is 2. The van der Waals surface area contributed by atoms with E-state index in [0.29, 0.717) is 77.0 Å². The Bertz CT molecular complexity index is 4700. The summed E-state index contributed by atoms with van der Waals surface area (Å²) in [5.74, 6) is -0.752. The molecular weight excluding hydrogens is 1440 g/mol. The van der Waals surface area contributed by atoms with E-state index in [-0.39, 0.29) is 40.5 Å². The van der Waals surface area contributed by atoms with Crippen molar-refractivity contribution >= 4 is 113 Å². The van der Waals surface area contributed by atoms with Gasteiger partial charge in [-0.3, -0.25) is 49.0 Å². The standard InChI is InChI=1S/C19H12N4O3S.C19H22N2O4S.C14H13IO2.C13H9N3O2S.C10H13N/c20-16-14-6-7-15(12-4-2-8-21-10-12)22-19(14)27-18(16)17(24)11-3-1-5-13(9-11)23(25)26;1-24-13-9-8-11(10-14(13)25-2)18(23)21-19-16(17(20)22)12-6-4-3-5-7-15(12)26-19;15-13-6-2-5-9-8-3-1-4-10(8)12(14(16)17)7-11(9)13;14-6-9-3-4-11(10-2-1-5-15-7-10)16-13(9)19-8-12(17)18;1-2-6-9(5-1)10-7-3-4-8-11-10/h1-10H,20H2;8-10H,3-7H2,1-2H3,(H2,20,22)(H,21,23);1-3,5-6,8,10,12H,4,7H2,(H,16,17);1-5,7H,8H2,(H,17,18);3-4,7-9H,1-2,5-6H2. The van der Waals surface area contributed by atoms with Crippen molar-refractivity contribution in [2.45, 2.75) is 87.5 Å². The number of primary amides is 1. The van der Waals surface area contributed by atoms with E-state index in [1.807, 2.05) is 48.7 Å². The number of allylic oxidation sites excluding steroid dienone is 2. The summed E-state index contributed by atoms with van der Waals surface area (Å²) in [6.07, 6.45) is 25.0. The molecule has 0 bridgehead atoms. The predicted octanol–water partition coefficient (Wildman–Crippen LogP) is 15.6. The van der Waals surface area contributed by atoms with Gasteiger partial charge in [0.15, 0.2) is 11.5 Å². The Kier molecular flexibility index (Phi) is 25.0. The van der Waals surface area contributed by atoms with Gasteiger partial charge in [-0.05, 0) is 181 Å². The number of hydrogen-bond donors (Lipinski definition) is 5. The highest BCUT2D eigenvalue weighted by molar-refractivity contribution is 14.1. The number of ketones is 1. The molecule has 7 N–H and O–H groups in total. The number of aryl methyl sites for hydroxylation is 1. The van der Waals surface area contributed by atoms with Crippen LogP contribution in [0.5, 0.6) is 11.5 Å². The van der Waals surface area contributed by atoms with Gasteiger partial charge in [0.05, 0.1) is 59.0 Å². The second-order valence-corrected chi connectivity index (χ2v) is 27.8.